The van der Waals surface area contributed by atoms with Gasteiger partial charge in [0.1, 0.15) is 5.60 Å². The molecule has 8 nitrogen and oxygen atoms in total. The molecule has 0 spiro atoms. The summed E-state index contributed by atoms with van der Waals surface area (Å²) in [6.45, 7) is 8.25. The van der Waals surface area contributed by atoms with Crippen LogP contribution in [-0.4, -0.2) is 67.2 Å². The third-order valence-corrected chi connectivity index (χ3v) is 7.30. The molecule has 2 aromatic rings. The maximum atomic E-state index is 12.7. The number of rotatable bonds is 4. The second-order valence-corrected chi connectivity index (χ2v) is 11.7. The first-order chi connectivity index (χ1) is 16.5. The highest BCUT2D eigenvalue weighted by molar-refractivity contribution is 7.18. The van der Waals surface area contributed by atoms with E-state index in [2.05, 4.69) is 10.2 Å². The summed E-state index contributed by atoms with van der Waals surface area (Å²) >= 11 is 13.7. The third kappa shape index (κ3) is 6.20. The molecule has 2 aliphatic heterocycles. The topological polar surface area (TPSA) is 82.2 Å². The fourth-order valence-corrected chi connectivity index (χ4v) is 5.36. The van der Waals surface area contributed by atoms with E-state index in [1.54, 1.807) is 28.0 Å². The van der Waals surface area contributed by atoms with Crippen LogP contribution in [0.4, 0.5) is 16.2 Å². The Morgan fingerprint density at radius 1 is 1.09 bits per heavy atom. The van der Waals surface area contributed by atoms with Gasteiger partial charge in [-0.2, -0.15) is 0 Å². The van der Waals surface area contributed by atoms with Crippen LogP contribution < -0.4 is 15.1 Å². The second-order valence-electron chi connectivity index (χ2n) is 9.57. The number of piperazine rings is 1. The summed E-state index contributed by atoms with van der Waals surface area (Å²) in [4.78, 5) is 43.4. The van der Waals surface area contributed by atoms with Crippen LogP contribution in [0.1, 0.15) is 36.9 Å². The molecule has 188 valence electrons. The third-order valence-electron chi connectivity index (χ3n) is 5.77. The maximum absolute atomic E-state index is 12.7. The normalized spacial score (nSPS) is 18.7. The first-order valence-corrected chi connectivity index (χ1v) is 13.0. The summed E-state index contributed by atoms with van der Waals surface area (Å²) in [5.74, 6) is -0.310. The molecule has 2 saturated heterocycles. The lowest BCUT2D eigenvalue weighted by Gasteiger charge is -2.37. The Hall–Kier alpha value is -2.49. The molecular weight excluding hydrogens is 511 g/mol. The number of thiophene rings is 1. The standard InChI is InChI=1S/C24H28Cl2N4O4S/c1-24(2,3)34-23(33)29-10-8-28(9-11-29)18-5-4-16(13-17(18)25)30-14-15(12-21(30)31)27-22(32)19-6-7-20(26)35-19/h4-7,13,15H,8-12,14H2,1-3H3,(H,27,32). The van der Waals surface area contributed by atoms with Crippen LogP contribution in [0, 0.1) is 0 Å². The second kappa shape index (κ2) is 10.2. The molecular formula is C24H28Cl2N4O4S. The summed E-state index contributed by atoms with van der Waals surface area (Å²) in [5, 5.41) is 3.44. The molecule has 0 bridgehead atoms. The fraction of sp³-hybridized carbons (Fsp3) is 0.458. The monoisotopic (exact) mass is 538 g/mol. The molecule has 4 rings (SSSR count). The first kappa shape index (κ1) is 25.6. The molecule has 0 radical (unpaired) electrons. The van der Waals surface area contributed by atoms with E-state index in [0.29, 0.717) is 52.6 Å². The van der Waals surface area contributed by atoms with Gasteiger partial charge in [-0.3, -0.25) is 9.59 Å². The van der Waals surface area contributed by atoms with E-state index in [0.717, 1.165) is 5.69 Å². The summed E-state index contributed by atoms with van der Waals surface area (Å²) in [7, 11) is 0. The zero-order valence-electron chi connectivity index (χ0n) is 19.8. The van der Waals surface area contributed by atoms with Crippen LogP contribution in [0.25, 0.3) is 0 Å². The van der Waals surface area contributed by atoms with Crippen molar-refractivity contribution in [1.82, 2.24) is 10.2 Å². The predicted molar refractivity (Wildman–Crippen MR) is 139 cm³/mol. The highest BCUT2D eigenvalue weighted by Gasteiger charge is 2.33. The summed E-state index contributed by atoms with van der Waals surface area (Å²) in [6, 6.07) is 8.58. The number of halogens is 2. The average Bonchev–Trinajstić information content (AvgIpc) is 3.38. The summed E-state index contributed by atoms with van der Waals surface area (Å²) < 4.78 is 6.00. The largest absolute Gasteiger partial charge is 0.444 e. The molecule has 1 aromatic carbocycles. The first-order valence-electron chi connectivity index (χ1n) is 11.4. The summed E-state index contributed by atoms with van der Waals surface area (Å²) in [5.41, 5.74) is 1.01. The number of nitrogens with one attached hydrogen (secondary N) is 1. The number of carbonyl (C=O) groups excluding carboxylic acids is 3. The van der Waals surface area contributed by atoms with E-state index < -0.39 is 5.60 Å². The molecule has 1 atom stereocenters. The van der Waals surface area contributed by atoms with Gasteiger partial charge in [-0.05, 0) is 51.1 Å². The van der Waals surface area contributed by atoms with Gasteiger partial charge in [-0.25, -0.2) is 4.79 Å². The minimum absolute atomic E-state index is 0.0747. The number of hydrogen-bond donors (Lipinski definition) is 1. The Bertz CT molecular complexity index is 1120. The van der Waals surface area contributed by atoms with Gasteiger partial charge in [0.25, 0.3) is 5.91 Å². The van der Waals surface area contributed by atoms with Crippen molar-refractivity contribution in [3.63, 3.8) is 0 Å². The van der Waals surface area contributed by atoms with Gasteiger partial charge < -0.3 is 24.8 Å². The number of benzene rings is 1. The van der Waals surface area contributed by atoms with Gasteiger partial charge in [0.05, 0.1) is 26.0 Å². The molecule has 11 heteroatoms. The van der Waals surface area contributed by atoms with Crippen molar-refractivity contribution in [3.05, 3.63) is 44.6 Å². The minimum atomic E-state index is -0.528. The lowest BCUT2D eigenvalue weighted by atomic mass is 10.2. The van der Waals surface area contributed by atoms with Crippen molar-refractivity contribution in [2.45, 2.75) is 38.8 Å². The van der Waals surface area contributed by atoms with Gasteiger partial charge in [0, 0.05) is 44.8 Å². The van der Waals surface area contributed by atoms with Crippen LogP contribution in [0.2, 0.25) is 9.36 Å². The predicted octanol–water partition coefficient (Wildman–Crippen LogP) is 4.65. The number of nitrogens with zero attached hydrogens (tertiary/aromatic N) is 3. The van der Waals surface area contributed by atoms with Crippen molar-refractivity contribution in [3.8, 4) is 0 Å². The quantitative estimate of drug-likeness (QED) is 0.612. The van der Waals surface area contributed by atoms with E-state index in [9.17, 15) is 14.4 Å². The SMILES string of the molecule is CC(C)(C)OC(=O)N1CCN(c2ccc(N3CC(NC(=O)c4ccc(Cl)s4)CC3=O)cc2Cl)CC1. The Morgan fingerprint density at radius 3 is 2.40 bits per heavy atom. The highest BCUT2D eigenvalue weighted by atomic mass is 35.5. The molecule has 1 N–H and O–H groups in total. The lowest BCUT2D eigenvalue weighted by molar-refractivity contribution is -0.117. The van der Waals surface area contributed by atoms with E-state index in [1.165, 1.54) is 11.3 Å². The zero-order valence-corrected chi connectivity index (χ0v) is 22.2. The minimum Gasteiger partial charge on any atom is -0.444 e. The number of amides is 3. The molecule has 3 heterocycles. The van der Waals surface area contributed by atoms with Crippen molar-refractivity contribution >= 4 is 63.8 Å². The maximum Gasteiger partial charge on any atom is 0.410 e. The molecule has 2 aliphatic rings. The van der Waals surface area contributed by atoms with Gasteiger partial charge in [0.15, 0.2) is 0 Å². The van der Waals surface area contributed by atoms with Crippen molar-refractivity contribution < 1.29 is 19.1 Å². The van der Waals surface area contributed by atoms with Gasteiger partial charge in [-0.15, -0.1) is 11.3 Å². The molecule has 3 amide bonds. The Morgan fingerprint density at radius 2 is 1.80 bits per heavy atom. The van der Waals surface area contributed by atoms with Gasteiger partial charge in [0.2, 0.25) is 5.91 Å². The van der Waals surface area contributed by atoms with Crippen molar-refractivity contribution in [2.24, 2.45) is 0 Å². The Balaban J connectivity index is 1.35. The fourth-order valence-electron chi connectivity index (χ4n) is 4.12. The molecule has 1 aromatic heterocycles. The van der Waals surface area contributed by atoms with E-state index in [1.807, 2.05) is 32.9 Å². The molecule has 1 unspecified atom stereocenters. The number of anilines is 2. The Labute approximate surface area is 218 Å². The smallest absolute Gasteiger partial charge is 0.410 e. The van der Waals surface area contributed by atoms with Crippen LogP contribution in [0.15, 0.2) is 30.3 Å². The summed E-state index contributed by atoms with van der Waals surface area (Å²) in [6.07, 6.45) is -0.0911. The zero-order chi connectivity index (χ0) is 25.3. The number of hydrogen-bond acceptors (Lipinski definition) is 6. The van der Waals surface area contributed by atoms with Crippen molar-refractivity contribution in [2.75, 3.05) is 42.5 Å². The molecule has 2 fully saturated rings. The van der Waals surface area contributed by atoms with Crippen LogP contribution >= 0.6 is 34.5 Å². The van der Waals surface area contributed by atoms with Gasteiger partial charge >= 0.3 is 6.09 Å². The van der Waals surface area contributed by atoms with E-state index in [-0.39, 0.29) is 30.4 Å². The molecule has 0 aliphatic carbocycles. The number of ether oxygens (including phenoxy) is 1. The van der Waals surface area contributed by atoms with Crippen LogP contribution in [0.3, 0.4) is 0 Å². The molecule has 35 heavy (non-hydrogen) atoms. The number of carbonyl (C=O) groups is 3. The highest BCUT2D eigenvalue weighted by Crippen LogP contribution is 2.33. The van der Waals surface area contributed by atoms with E-state index >= 15 is 0 Å². The van der Waals surface area contributed by atoms with Crippen molar-refractivity contribution in [1.29, 1.82) is 0 Å². The van der Waals surface area contributed by atoms with E-state index in [4.69, 9.17) is 27.9 Å². The Kier molecular flexibility index (Phi) is 7.49. The van der Waals surface area contributed by atoms with Crippen LogP contribution in [0.5, 0.6) is 0 Å². The van der Waals surface area contributed by atoms with Gasteiger partial charge in [-0.1, -0.05) is 23.2 Å². The molecule has 0 saturated carbocycles. The average molecular weight is 539 g/mol. The lowest BCUT2D eigenvalue weighted by Crippen LogP contribution is -2.50. The van der Waals surface area contributed by atoms with Crippen LogP contribution in [-0.2, 0) is 9.53 Å².